The molecule has 0 saturated carbocycles. The summed E-state index contributed by atoms with van der Waals surface area (Å²) in [4.78, 5) is 26.2. The quantitative estimate of drug-likeness (QED) is 0.275. The summed E-state index contributed by atoms with van der Waals surface area (Å²) < 4.78 is 21.6. The average molecular weight is 518 g/mol. The van der Waals surface area contributed by atoms with Gasteiger partial charge in [0.1, 0.15) is 11.6 Å². The number of hydrazine groups is 1. The van der Waals surface area contributed by atoms with Crippen LogP contribution in [0.5, 0.6) is 5.75 Å². The van der Waals surface area contributed by atoms with Gasteiger partial charge in [-0.05, 0) is 54.7 Å². The van der Waals surface area contributed by atoms with Crippen molar-refractivity contribution in [1.82, 2.24) is 15.0 Å². The second-order valence-electron chi connectivity index (χ2n) is 8.01. The predicted octanol–water partition coefficient (Wildman–Crippen LogP) is 5.38. The molecule has 0 atom stereocenters. The van der Waals surface area contributed by atoms with Gasteiger partial charge in [-0.15, -0.1) is 0 Å². The van der Waals surface area contributed by atoms with E-state index in [0.717, 1.165) is 33.2 Å². The van der Waals surface area contributed by atoms with Crippen LogP contribution in [0.4, 0.5) is 4.39 Å². The van der Waals surface area contributed by atoms with E-state index in [-0.39, 0.29) is 10.1 Å². The minimum atomic E-state index is -0.461. The summed E-state index contributed by atoms with van der Waals surface area (Å²) in [6.45, 7) is 0.347. The summed E-state index contributed by atoms with van der Waals surface area (Å²) in [6.07, 6.45) is 3.64. The van der Waals surface area contributed by atoms with E-state index >= 15 is 0 Å². The number of hydrogen-bond acceptors (Lipinski definition) is 5. The number of aromatic nitrogens is 1. The number of nitrogens with one attached hydrogen (secondary N) is 1. The molecular weight excluding hydrogens is 497 g/mol. The van der Waals surface area contributed by atoms with Gasteiger partial charge in [0.15, 0.2) is 4.32 Å². The van der Waals surface area contributed by atoms with E-state index in [1.54, 1.807) is 55.7 Å². The highest BCUT2D eigenvalue weighted by Gasteiger charge is 2.34. The molecule has 2 heterocycles. The van der Waals surface area contributed by atoms with Crippen LogP contribution in [0.15, 0.2) is 83.9 Å². The molecule has 6 nitrogen and oxygen atoms in total. The van der Waals surface area contributed by atoms with E-state index in [9.17, 15) is 14.0 Å². The fourth-order valence-electron chi connectivity index (χ4n) is 3.94. The lowest BCUT2D eigenvalue weighted by Crippen LogP contribution is -2.44. The second kappa shape index (κ2) is 9.96. The van der Waals surface area contributed by atoms with Crippen molar-refractivity contribution in [3.05, 3.63) is 106 Å². The maximum atomic E-state index is 14.3. The Kier molecular flexibility index (Phi) is 6.58. The molecular formula is C27H20FN3O3S2. The number of halogens is 1. The molecule has 2 amide bonds. The smallest absolute Gasteiger partial charge is 0.285 e. The lowest BCUT2D eigenvalue weighted by atomic mass is 10.1. The van der Waals surface area contributed by atoms with Crippen molar-refractivity contribution in [1.29, 1.82) is 0 Å². The lowest BCUT2D eigenvalue weighted by Gasteiger charge is -2.15. The third-order valence-electron chi connectivity index (χ3n) is 5.76. The van der Waals surface area contributed by atoms with Gasteiger partial charge in [0.25, 0.3) is 11.8 Å². The standard InChI is InChI=1S/C27H20FN3O3S2/c1-34-20-12-10-17(11-13-20)25(32)29-31-26(33)24(36-27(31)35)14-19-16-30(23-9-5-3-7-21(19)23)15-18-6-2-4-8-22(18)28/h2-14,16H,15H2,1H3,(H,29,32)/b24-14-. The van der Waals surface area contributed by atoms with Gasteiger partial charge in [-0.2, -0.15) is 5.01 Å². The minimum absolute atomic E-state index is 0.225. The van der Waals surface area contributed by atoms with E-state index in [1.165, 1.54) is 6.07 Å². The summed E-state index contributed by atoms with van der Waals surface area (Å²) in [5.41, 5.74) is 5.22. The number of benzene rings is 3. The number of carbonyl (C=O) groups is 2. The van der Waals surface area contributed by atoms with Crippen LogP contribution in [0.25, 0.3) is 17.0 Å². The van der Waals surface area contributed by atoms with Gasteiger partial charge in [0.2, 0.25) is 0 Å². The summed E-state index contributed by atoms with van der Waals surface area (Å²) in [6, 6.07) is 20.9. The molecule has 1 fully saturated rings. The van der Waals surface area contributed by atoms with Crippen LogP contribution in [0.3, 0.4) is 0 Å². The van der Waals surface area contributed by atoms with Crippen molar-refractivity contribution in [2.24, 2.45) is 0 Å². The lowest BCUT2D eigenvalue weighted by molar-refractivity contribution is -0.123. The van der Waals surface area contributed by atoms with E-state index in [1.807, 2.05) is 35.0 Å². The molecule has 36 heavy (non-hydrogen) atoms. The monoisotopic (exact) mass is 517 g/mol. The van der Waals surface area contributed by atoms with Crippen LogP contribution in [0.1, 0.15) is 21.5 Å². The number of carbonyl (C=O) groups excluding carboxylic acids is 2. The van der Waals surface area contributed by atoms with Gasteiger partial charge in [-0.25, -0.2) is 4.39 Å². The van der Waals surface area contributed by atoms with Crippen molar-refractivity contribution in [3.63, 3.8) is 0 Å². The number of fused-ring (bicyclic) bond motifs is 1. The van der Waals surface area contributed by atoms with Crippen LogP contribution in [-0.2, 0) is 11.3 Å². The molecule has 1 aromatic heterocycles. The minimum Gasteiger partial charge on any atom is -0.497 e. The molecule has 1 saturated heterocycles. The number of rotatable bonds is 6. The Morgan fingerprint density at radius 3 is 2.56 bits per heavy atom. The molecule has 4 aromatic rings. The fourth-order valence-corrected chi connectivity index (χ4v) is 5.12. The Morgan fingerprint density at radius 2 is 1.81 bits per heavy atom. The molecule has 0 radical (unpaired) electrons. The highest BCUT2D eigenvalue weighted by Crippen LogP contribution is 2.34. The molecule has 3 aromatic carbocycles. The summed E-state index contributed by atoms with van der Waals surface area (Å²) >= 11 is 6.48. The Balaban J connectivity index is 1.41. The molecule has 0 aliphatic carbocycles. The van der Waals surface area contributed by atoms with Gasteiger partial charge in [0.05, 0.1) is 18.6 Å². The maximum absolute atomic E-state index is 14.3. The number of ether oxygens (including phenoxy) is 1. The van der Waals surface area contributed by atoms with Crippen molar-refractivity contribution >= 4 is 57.1 Å². The molecule has 180 valence electrons. The van der Waals surface area contributed by atoms with Gasteiger partial charge >= 0.3 is 0 Å². The van der Waals surface area contributed by atoms with Gasteiger partial charge < -0.3 is 9.30 Å². The molecule has 1 N–H and O–H groups in total. The Labute approximate surface area is 216 Å². The number of nitrogens with zero attached hydrogens (tertiary/aromatic N) is 2. The molecule has 1 aliphatic heterocycles. The zero-order chi connectivity index (χ0) is 25.2. The Bertz CT molecular complexity index is 1530. The van der Waals surface area contributed by atoms with Crippen LogP contribution in [0, 0.1) is 5.82 Å². The number of thioether (sulfide) groups is 1. The zero-order valence-corrected chi connectivity index (χ0v) is 20.7. The van der Waals surface area contributed by atoms with Crippen LogP contribution in [0.2, 0.25) is 0 Å². The Morgan fingerprint density at radius 1 is 1.08 bits per heavy atom. The summed E-state index contributed by atoms with van der Waals surface area (Å²) in [7, 11) is 1.54. The van der Waals surface area contributed by atoms with Crippen molar-refractivity contribution in [3.8, 4) is 5.75 Å². The van der Waals surface area contributed by atoms with E-state index < -0.39 is 11.8 Å². The molecule has 0 bridgehead atoms. The van der Waals surface area contributed by atoms with Crippen LogP contribution < -0.4 is 10.2 Å². The molecule has 0 spiro atoms. The summed E-state index contributed by atoms with van der Waals surface area (Å²) in [5.74, 6) is -0.533. The van der Waals surface area contributed by atoms with Crippen molar-refractivity contribution in [2.45, 2.75) is 6.54 Å². The van der Waals surface area contributed by atoms with E-state index in [0.29, 0.717) is 28.3 Å². The van der Waals surface area contributed by atoms with Gasteiger partial charge in [0, 0.05) is 33.8 Å². The molecule has 9 heteroatoms. The zero-order valence-electron chi connectivity index (χ0n) is 19.1. The number of para-hydroxylation sites is 1. The first-order chi connectivity index (χ1) is 17.4. The number of hydrogen-bond donors (Lipinski definition) is 1. The van der Waals surface area contributed by atoms with Crippen LogP contribution >= 0.6 is 24.0 Å². The highest BCUT2D eigenvalue weighted by molar-refractivity contribution is 8.26. The summed E-state index contributed by atoms with van der Waals surface area (Å²) in [5, 5.41) is 2.00. The largest absolute Gasteiger partial charge is 0.497 e. The van der Waals surface area contributed by atoms with Gasteiger partial charge in [-0.3, -0.25) is 15.0 Å². The molecule has 0 unspecified atom stereocenters. The predicted molar refractivity (Wildman–Crippen MR) is 143 cm³/mol. The SMILES string of the molecule is COc1ccc(C(=O)NN2C(=O)/C(=C/c3cn(Cc4ccccc4F)c4ccccc34)SC2=S)cc1. The highest BCUT2D eigenvalue weighted by atomic mass is 32.2. The third-order valence-corrected chi connectivity index (χ3v) is 7.07. The topological polar surface area (TPSA) is 63.6 Å². The van der Waals surface area contributed by atoms with Crippen LogP contribution in [-0.4, -0.2) is 32.8 Å². The number of methoxy groups -OCH3 is 1. The Hall–Kier alpha value is -3.95. The second-order valence-corrected chi connectivity index (χ2v) is 9.68. The van der Waals surface area contributed by atoms with Gasteiger partial charge in [-0.1, -0.05) is 48.2 Å². The first-order valence-corrected chi connectivity index (χ1v) is 12.2. The maximum Gasteiger partial charge on any atom is 0.285 e. The van der Waals surface area contributed by atoms with Crippen molar-refractivity contribution < 1.29 is 18.7 Å². The van der Waals surface area contributed by atoms with E-state index in [4.69, 9.17) is 17.0 Å². The number of thiocarbonyl (C=S) groups is 1. The van der Waals surface area contributed by atoms with E-state index in [2.05, 4.69) is 5.43 Å². The molecule has 1 aliphatic rings. The third kappa shape index (κ3) is 4.62. The number of amides is 2. The normalized spacial score (nSPS) is 14.6. The fraction of sp³-hybridized carbons (Fsp3) is 0.0741. The van der Waals surface area contributed by atoms with Crippen molar-refractivity contribution in [2.75, 3.05) is 7.11 Å². The average Bonchev–Trinajstić information content (AvgIpc) is 3.37. The first kappa shape index (κ1) is 23.8. The molecule has 5 rings (SSSR count). The first-order valence-electron chi connectivity index (χ1n) is 11.0.